The number of anilines is 1. The van der Waals surface area contributed by atoms with E-state index < -0.39 is 0 Å². The highest BCUT2D eigenvalue weighted by molar-refractivity contribution is 5.90. The highest BCUT2D eigenvalue weighted by Crippen LogP contribution is 2.20. The Labute approximate surface area is 138 Å². The van der Waals surface area contributed by atoms with E-state index in [1.807, 2.05) is 32.4 Å². The lowest BCUT2D eigenvalue weighted by atomic mass is 10.1. The Hall–Kier alpha value is -2.30. The predicted molar refractivity (Wildman–Crippen MR) is 93.9 cm³/mol. The molecule has 0 aliphatic rings. The summed E-state index contributed by atoms with van der Waals surface area (Å²) in [5, 5.41) is 10.4. The van der Waals surface area contributed by atoms with Crippen LogP contribution in [-0.4, -0.2) is 21.9 Å². The third-order valence-corrected chi connectivity index (χ3v) is 4.02. The summed E-state index contributed by atoms with van der Waals surface area (Å²) < 4.78 is 1.93. The van der Waals surface area contributed by atoms with Crippen molar-refractivity contribution in [2.75, 3.05) is 5.32 Å². The van der Waals surface area contributed by atoms with Crippen molar-refractivity contribution < 1.29 is 4.79 Å². The van der Waals surface area contributed by atoms with Gasteiger partial charge < -0.3 is 10.6 Å². The van der Waals surface area contributed by atoms with Crippen molar-refractivity contribution in [1.29, 1.82) is 0 Å². The number of aromatic nitrogens is 2. The second kappa shape index (κ2) is 7.31. The molecule has 0 fully saturated rings. The maximum Gasteiger partial charge on any atom is 0.319 e. The molecule has 0 aliphatic carbocycles. The SMILES string of the molecule is CC[C@H](C)NC(=O)Nc1c(C)nn(Cc2cccc(C)c2)c1C. The molecule has 0 aliphatic heterocycles. The van der Waals surface area contributed by atoms with E-state index in [4.69, 9.17) is 0 Å². The summed E-state index contributed by atoms with van der Waals surface area (Å²) >= 11 is 0. The fraction of sp³-hybridized carbons (Fsp3) is 0.444. The molecule has 1 aromatic carbocycles. The molecule has 2 amide bonds. The molecule has 2 aromatic rings. The minimum absolute atomic E-state index is 0.151. The molecule has 1 aromatic heterocycles. The summed E-state index contributed by atoms with van der Waals surface area (Å²) in [6.07, 6.45) is 0.901. The van der Waals surface area contributed by atoms with Gasteiger partial charge in [0.2, 0.25) is 0 Å². The van der Waals surface area contributed by atoms with Gasteiger partial charge in [-0.1, -0.05) is 36.8 Å². The van der Waals surface area contributed by atoms with Crippen LogP contribution in [0.25, 0.3) is 0 Å². The van der Waals surface area contributed by atoms with Crippen LogP contribution in [0.5, 0.6) is 0 Å². The van der Waals surface area contributed by atoms with E-state index in [-0.39, 0.29) is 12.1 Å². The second-order valence-corrected chi connectivity index (χ2v) is 6.10. The van der Waals surface area contributed by atoms with Gasteiger partial charge in [0.1, 0.15) is 0 Å². The summed E-state index contributed by atoms with van der Waals surface area (Å²) in [6, 6.07) is 8.34. The fourth-order valence-corrected chi connectivity index (χ4v) is 2.49. The molecule has 2 rings (SSSR count). The van der Waals surface area contributed by atoms with E-state index in [0.717, 1.165) is 23.5 Å². The zero-order valence-corrected chi connectivity index (χ0v) is 14.6. The van der Waals surface area contributed by atoms with Crippen LogP contribution in [0.4, 0.5) is 10.5 Å². The van der Waals surface area contributed by atoms with Crippen molar-refractivity contribution >= 4 is 11.7 Å². The number of aryl methyl sites for hydroxylation is 2. The first kappa shape index (κ1) is 17.1. The van der Waals surface area contributed by atoms with Crippen molar-refractivity contribution in [2.45, 2.75) is 53.6 Å². The molecule has 5 nitrogen and oxygen atoms in total. The Bertz CT molecular complexity index is 690. The van der Waals surface area contributed by atoms with E-state index in [1.165, 1.54) is 11.1 Å². The maximum atomic E-state index is 12.0. The Morgan fingerprint density at radius 2 is 2.04 bits per heavy atom. The van der Waals surface area contributed by atoms with E-state index in [9.17, 15) is 4.79 Å². The number of urea groups is 1. The molecule has 2 N–H and O–H groups in total. The lowest BCUT2D eigenvalue weighted by molar-refractivity contribution is 0.249. The molecule has 0 unspecified atom stereocenters. The largest absolute Gasteiger partial charge is 0.335 e. The van der Waals surface area contributed by atoms with Crippen LogP contribution < -0.4 is 10.6 Å². The normalized spacial score (nSPS) is 12.0. The Balaban J connectivity index is 2.14. The topological polar surface area (TPSA) is 59.0 Å². The van der Waals surface area contributed by atoms with E-state index in [2.05, 4.69) is 46.9 Å². The predicted octanol–water partition coefficient (Wildman–Crippen LogP) is 3.78. The third-order valence-electron chi connectivity index (χ3n) is 4.02. The van der Waals surface area contributed by atoms with Crippen molar-refractivity contribution in [3.63, 3.8) is 0 Å². The Kier molecular flexibility index (Phi) is 5.42. The van der Waals surface area contributed by atoms with Gasteiger partial charge in [-0.15, -0.1) is 0 Å². The highest BCUT2D eigenvalue weighted by Gasteiger charge is 2.15. The monoisotopic (exact) mass is 314 g/mol. The molecule has 0 radical (unpaired) electrons. The van der Waals surface area contributed by atoms with Crippen molar-refractivity contribution in [3.05, 3.63) is 46.8 Å². The number of hydrogen-bond donors (Lipinski definition) is 2. The summed E-state index contributed by atoms with van der Waals surface area (Å²) in [6.45, 7) is 10.7. The summed E-state index contributed by atoms with van der Waals surface area (Å²) in [7, 11) is 0. The molecule has 0 saturated heterocycles. The van der Waals surface area contributed by atoms with Gasteiger partial charge in [0.15, 0.2) is 0 Å². The first-order chi connectivity index (χ1) is 10.9. The van der Waals surface area contributed by atoms with Gasteiger partial charge in [0, 0.05) is 6.04 Å². The zero-order chi connectivity index (χ0) is 17.0. The summed E-state index contributed by atoms with van der Waals surface area (Å²) in [4.78, 5) is 12.0. The summed E-state index contributed by atoms with van der Waals surface area (Å²) in [5.74, 6) is 0. The van der Waals surface area contributed by atoms with Crippen LogP contribution >= 0.6 is 0 Å². The Morgan fingerprint density at radius 1 is 1.30 bits per heavy atom. The lowest BCUT2D eigenvalue weighted by Crippen LogP contribution is -2.35. The van der Waals surface area contributed by atoms with Gasteiger partial charge >= 0.3 is 6.03 Å². The number of hydrogen-bond acceptors (Lipinski definition) is 2. The molecule has 1 atom stereocenters. The Morgan fingerprint density at radius 3 is 2.70 bits per heavy atom. The molecular formula is C18H26N4O. The number of carbonyl (C=O) groups is 1. The van der Waals surface area contributed by atoms with Crippen molar-refractivity contribution in [1.82, 2.24) is 15.1 Å². The quantitative estimate of drug-likeness (QED) is 0.882. The average Bonchev–Trinajstić information content (AvgIpc) is 2.74. The van der Waals surface area contributed by atoms with Gasteiger partial charge in [-0.05, 0) is 39.7 Å². The molecule has 1 heterocycles. The number of carbonyl (C=O) groups excluding carboxylic acids is 1. The smallest absolute Gasteiger partial charge is 0.319 e. The van der Waals surface area contributed by atoms with Crippen LogP contribution in [0.1, 0.15) is 42.8 Å². The fourth-order valence-electron chi connectivity index (χ4n) is 2.49. The third kappa shape index (κ3) is 4.34. The maximum absolute atomic E-state index is 12.0. The van der Waals surface area contributed by atoms with Gasteiger partial charge in [0.25, 0.3) is 0 Å². The van der Waals surface area contributed by atoms with E-state index in [0.29, 0.717) is 6.54 Å². The van der Waals surface area contributed by atoms with Gasteiger partial charge in [-0.2, -0.15) is 5.10 Å². The van der Waals surface area contributed by atoms with E-state index >= 15 is 0 Å². The van der Waals surface area contributed by atoms with Crippen molar-refractivity contribution in [2.24, 2.45) is 0 Å². The van der Waals surface area contributed by atoms with Gasteiger partial charge in [-0.3, -0.25) is 4.68 Å². The van der Waals surface area contributed by atoms with Crippen LogP contribution in [0.15, 0.2) is 24.3 Å². The van der Waals surface area contributed by atoms with E-state index in [1.54, 1.807) is 0 Å². The number of nitrogens with zero attached hydrogens (tertiary/aromatic N) is 2. The van der Waals surface area contributed by atoms with Gasteiger partial charge in [-0.25, -0.2) is 4.79 Å². The average molecular weight is 314 g/mol. The van der Waals surface area contributed by atoms with Crippen LogP contribution in [-0.2, 0) is 6.54 Å². The highest BCUT2D eigenvalue weighted by atomic mass is 16.2. The molecule has 0 saturated carbocycles. The summed E-state index contributed by atoms with van der Waals surface area (Å²) in [5.41, 5.74) is 5.01. The minimum Gasteiger partial charge on any atom is -0.335 e. The number of amides is 2. The number of nitrogens with one attached hydrogen (secondary N) is 2. The molecule has 5 heteroatoms. The first-order valence-corrected chi connectivity index (χ1v) is 8.07. The van der Waals surface area contributed by atoms with Crippen LogP contribution in [0, 0.1) is 20.8 Å². The molecular weight excluding hydrogens is 288 g/mol. The van der Waals surface area contributed by atoms with Crippen LogP contribution in [0.2, 0.25) is 0 Å². The molecule has 0 spiro atoms. The lowest BCUT2D eigenvalue weighted by Gasteiger charge is -2.13. The molecule has 0 bridgehead atoms. The zero-order valence-electron chi connectivity index (χ0n) is 14.6. The van der Waals surface area contributed by atoms with Crippen molar-refractivity contribution in [3.8, 4) is 0 Å². The minimum atomic E-state index is -0.180. The molecule has 124 valence electrons. The van der Waals surface area contributed by atoms with Gasteiger partial charge in [0.05, 0.1) is 23.6 Å². The number of benzene rings is 1. The first-order valence-electron chi connectivity index (χ1n) is 8.07. The van der Waals surface area contributed by atoms with Crippen LogP contribution in [0.3, 0.4) is 0 Å². The number of rotatable bonds is 5. The standard InChI is InChI=1S/C18H26N4O/c1-6-13(3)19-18(23)20-17-14(4)21-22(15(17)5)11-16-9-7-8-12(2)10-16/h7-10,13H,6,11H2,1-5H3,(H2,19,20,23)/t13-/m0/s1. The second-order valence-electron chi connectivity index (χ2n) is 6.10. The molecule has 23 heavy (non-hydrogen) atoms.